The van der Waals surface area contributed by atoms with E-state index in [9.17, 15) is 0 Å². The minimum atomic E-state index is 0.501. The van der Waals surface area contributed by atoms with Crippen LogP contribution in [0, 0.1) is 17.2 Å². The van der Waals surface area contributed by atoms with Gasteiger partial charge in [0, 0.05) is 24.9 Å². The molecule has 2 aromatic carbocycles. The minimum Gasteiger partial charge on any atom is -0.376 e. The van der Waals surface area contributed by atoms with Crippen molar-refractivity contribution >= 4 is 0 Å². The standard InChI is InChI=1S/C19H20N2O/c20-10-15-5-4-6-16(9-15)13-22-14-18-11-21-12-19(18)17-7-2-1-3-8-17/h1-9,18-19,21H,11-14H2/t18?,19-/m0/s1. The summed E-state index contributed by atoms with van der Waals surface area (Å²) in [6, 6.07) is 20.4. The Morgan fingerprint density at radius 1 is 1.09 bits per heavy atom. The Hall–Kier alpha value is -2.15. The first-order valence-electron chi connectivity index (χ1n) is 7.69. The van der Waals surface area contributed by atoms with Crippen LogP contribution in [0.3, 0.4) is 0 Å². The largest absolute Gasteiger partial charge is 0.376 e. The number of nitrogens with one attached hydrogen (secondary N) is 1. The van der Waals surface area contributed by atoms with E-state index in [2.05, 4.69) is 41.7 Å². The molecule has 0 spiro atoms. The van der Waals surface area contributed by atoms with Gasteiger partial charge in [0.15, 0.2) is 0 Å². The Morgan fingerprint density at radius 3 is 2.77 bits per heavy atom. The normalized spacial score (nSPS) is 20.7. The number of benzene rings is 2. The van der Waals surface area contributed by atoms with Crippen LogP contribution >= 0.6 is 0 Å². The van der Waals surface area contributed by atoms with E-state index in [1.165, 1.54) is 5.56 Å². The van der Waals surface area contributed by atoms with Gasteiger partial charge in [-0.3, -0.25) is 0 Å². The molecule has 0 saturated carbocycles. The van der Waals surface area contributed by atoms with Gasteiger partial charge in [-0.1, -0.05) is 42.5 Å². The molecular formula is C19H20N2O. The average molecular weight is 292 g/mol. The summed E-state index contributed by atoms with van der Waals surface area (Å²) in [5.74, 6) is 1.02. The lowest BCUT2D eigenvalue weighted by Crippen LogP contribution is -2.17. The van der Waals surface area contributed by atoms with E-state index in [1.54, 1.807) is 0 Å². The molecule has 0 aliphatic carbocycles. The lowest BCUT2D eigenvalue weighted by molar-refractivity contribution is 0.0877. The molecule has 0 amide bonds. The minimum absolute atomic E-state index is 0.501. The van der Waals surface area contributed by atoms with Gasteiger partial charge in [0.1, 0.15) is 0 Å². The van der Waals surface area contributed by atoms with Crippen molar-refractivity contribution in [1.82, 2.24) is 5.32 Å². The Bertz CT molecular complexity index is 648. The zero-order valence-corrected chi connectivity index (χ0v) is 12.5. The van der Waals surface area contributed by atoms with Crippen LogP contribution in [0.15, 0.2) is 54.6 Å². The van der Waals surface area contributed by atoms with Crippen molar-refractivity contribution in [3.63, 3.8) is 0 Å². The predicted octanol–water partition coefficient (Wildman–Crippen LogP) is 3.08. The zero-order chi connectivity index (χ0) is 15.2. The summed E-state index contributed by atoms with van der Waals surface area (Å²) in [5.41, 5.74) is 3.12. The molecule has 1 unspecified atom stereocenters. The molecule has 1 saturated heterocycles. The highest BCUT2D eigenvalue weighted by Gasteiger charge is 2.28. The summed E-state index contributed by atoms with van der Waals surface area (Å²) in [7, 11) is 0. The quantitative estimate of drug-likeness (QED) is 0.921. The smallest absolute Gasteiger partial charge is 0.0991 e. The molecule has 1 N–H and O–H groups in total. The van der Waals surface area contributed by atoms with Crippen LogP contribution in [0.2, 0.25) is 0 Å². The molecule has 1 aliphatic rings. The number of rotatable bonds is 5. The topological polar surface area (TPSA) is 45.0 Å². The summed E-state index contributed by atoms with van der Waals surface area (Å²) in [6.45, 7) is 3.32. The van der Waals surface area contributed by atoms with Gasteiger partial charge in [0.05, 0.1) is 24.8 Å². The van der Waals surface area contributed by atoms with Crippen LogP contribution in [0.4, 0.5) is 0 Å². The van der Waals surface area contributed by atoms with E-state index in [0.29, 0.717) is 24.0 Å². The molecule has 112 valence electrons. The van der Waals surface area contributed by atoms with Crippen molar-refractivity contribution in [3.05, 3.63) is 71.3 Å². The third kappa shape index (κ3) is 3.54. The number of nitrogens with zero attached hydrogens (tertiary/aromatic N) is 1. The second-order valence-electron chi connectivity index (χ2n) is 5.76. The number of hydrogen-bond donors (Lipinski definition) is 1. The first-order valence-corrected chi connectivity index (χ1v) is 7.69. The molecule has 1 heterocycles. The van der Waals surface area contributed by atoms with Gasteiger partial charge in [0.2, 0.25) is 0 Å². The highest BCUT2D eigenvalue weighted by Crippen LogP contribution is 2.28. The first-order chi connectivity index (χ1) is 10.9. The fourth-order valence-electron chi connectivity index (χ4n) is 3.06. The van der Waals surface area contributed by atoms with Crippen LogP contribution in [0.25, 0.3) is 0 Å². The van der Waals surface area contributed by atoms with Crippen LogP contribution < -0.4 is 5.32 Å². The highest BCUT2D eigenvalue weighted by molar-refractivity contribution is 5.32. The van der Waals surface area contributed by atoms with Gasteiger partial charge in [-0.2, -0.15) is 5.26 Å². The summed E-state index contributed by atoms with van der Waals surface area (Å²) in [4.78, 5) is 0. The van der Waals surface area contributed by atoms with Gasteiger partial charge in [-0.05, 0) is 23.3 Å². The molecule has 3 rings (SSSR count). The molecule has 0 aromatic heterocycles. The molecule has 2 aromatic rings. The van der Waals surface area contributed by atoms with Crippen LogP contribution in [-0.2, 0) is 11.3 Å². The fraction of sp³-hybridized carbons (Fsp3) is 0.316. The van der Waals surface area contributed by atoms with Gasteiger partial charge in [0.25, 0.3) is 0 Å². The zero-order valence-electron chi connectivity index (χ0n) is 12.5. The van der Waals surface area contributed by atoms with Crippen molar-refractivity contribution in [2.45, 2.75) is 12.5 Å². The van der Waals surface area contributed by atoms with Crippen LogP contribution in [0.1, 0.15) is 22.6 Å². The first kappa shape index (κ1) is 14.8. The third-order valence-corrected chi connectivity index (χ3v) is 4.22. The average Bonchev–Trinajstić information content (AvgIpc) is 3.04. The second kappa shape index (κ2) is 7.22. The maximum atomic E-state index is 8.92. The lowest BCUT2D eigenvalue weighted by atomic mass is 9.89. The fourth-order valence-corrected chi connectivity index (χ4v) is 3.06. The molecule has 3 heteroatoms. The van der Waals surface area contributed by atoms with E-state index in [1.807, 2.05) is 24.3 Å². The summed E-state index contributed by atoms with van der Waals surface area (Å²) in [5, 5.41) is 12.4. The van der Waals surface area contributed by atoms with E-state index in [0.717, 1.165) is 25.3 Å². The third-order valence-electron chi connectivity index (χ3n) is 4.22. The van der Waals surface area contributed by atoms with Crippen LogP contribution in [0.5, 0.6) is 0 Å². The molecule has 22 heavy (non-hydrogen) atoms. The molecule has 1 fully saturated rings. The number of ether oxygens (including phenoxy) is 1. The molecule has 3 nitrogen and oxygen atoms in total. The van der Waals surface area contributed by atoms with E-state index >= 15 is 0 Å². The van der Waals surface area contributed by atoms with Crippen molar-refractivity contribution in [2.24, 2.45) is 5.92 Å². The molecule has 2 atom stereocenters. The maximum Gasteiger partial charge on any atom is 0.0991 e. The van der Waals surface area contributed by atoms with Crippen molar-refractivity contribution in [2.75, 3.05) is 19.7 Å². The van der Waals surface area contributed by atoms with E-state index in [4.69, 9.17) is 10.00 Å². The molecular weight excluding hydrogens is 272 g/mol. The maximum absolute atomic E-state index is 8.92. The Morgan fingerprint density at radius 2 is 1.95 bits per heavy atom. The van der Waals surface area contributed by atoms with E-state index in [-0.39, 0.29) is 0 Å². The van der Waals surface area contributed by atoms with Gasteiger partial charge < -0.3 is 10.1 Å². The van der Waals surface area contributed by atoms with Crippen molar-refractivity contribution in [1.29, 1.82) is 5.26 Å². The predicted molar refractivity (Wildman–Crippen MR) is 86.4 cm³/mol. The van der Waals surface area contributed by atoms with Gasteiger partial charge >= 0.3 is 0 Å². The van der Waals surface area contributed by atoms with Crippen LogP contribution in [-0.4, -0.2) is 19.7 Å². The monoisotopic (exact) mass is 292 g/mol. The summed E-state index contributed by atoms with van der Waals surface area (Å²) in [6.07, 6.45) is 0. The van der Waals surface area contributed by atoms with Crippen molar-refractivity contribution < 1.29 is 4.74 Å². The Labute approximate surface area is 131 Å². The lowest BCUT2D eigenvalue weighted by Gasteiger charge is -2.19. The molecule has 1 aliphatic heterocycles. The number of hydrogen-bond acceptors (Lipinski definition) is 3. The highest BCUT2D eigenvalue weighted by atomic mass is 16.5. The second-order valence-corrected chi connectivity index (χ2v) is 5.76. The van der Waals surface area contributed by atoms with Crippen molar-refractivity contribution in [3.8, 4) is 6.07 Å². The summed E-state index contributed by atoms with van der Waals surface area (Å²) >= 11 is 0. The molecule has 0 bridgehead atoms. The Kier molecular flexibility index (Phi) is 4.85. The van der Waals surface area contributed by atoms with Gasteiger partial charge in [-0.25, -0.2) is 0 Å². The van der Waals surface area contributed by atoms with E-state index < -0.39 is 0 Å². The number of nitriles is 1. The molecule has 0 radical (unpaired) electrons. The Balaban J connectivity index is 1.56. The summed E-state index contributed by atoms with van der Waals surface area (Å²) < 4.78 is 5.91. The SMILES string of the molecule is N#Cc1cccc(COCC2CNC[C@H]2c2ccccc2)c1. The van der Waals surface area contributed by atoms with Gasteiger partial charge in [-0.15, -0.1) is 0 Å².